The number of imide groups is 2. The molecule has 7 nitrogen and oxygen atoms in total. The number of aryl methyl sites for hydroxylation is 1. The fourth-order valence-corrected chi connectivity index (χ4v) is 3.44. The highest BCUT2D eigenvalue weighted by Gasteiger charge is 2.37. The lowest BCUT2D eigenvalue weighted by Gasteiger charge is -2.27. The number of ether oxygens (including phenoxy) is 1. The Labute approximate surface area is 173 Å². The Bertz CT molecular complexity index is 1050. The SMILES string of the molecule is COc1cc(/C=C2/C(=O)NC(=O)N(c3ccc(Br)cc3C)C2=O)cc(Cl)c1O. The smallest absolute Gasteiger partial charge is 0.335 e. The molecule has 4 amide bonds. The summed E-state index contributed by atoms with van der Waals surface area (Å²) in [5, 5.41) is 12.0. The minimum Gasteiger partial charge on any atom is -0.503 e. The highest BCUT2D eigenvalue weighted by molar-refractivity contribution is 9.10. The van der Waals surface area contributed by atoms with E-state index < -0.39 is 17.8 Å². The Hall–Kier alpha value is -2.84. The van der Waals surface area contributed by atoms with Crippen molar-refractivity contribution < 1.29 is 24.2 Å². The van der Waals surface area contributed by atoms with Gasteiger partial charge >= 0.3 is 6.03 Å². The second kappa shape index (κ2) is 7.65. The zero-order valence-electron chi connectivity index (χ0n) is 14.7. The van der Waals surface area contributed by atoms with Crippen LogP contribution in [0.5, 0.6) is 11.5 Å². The summed E-state index contributed by atoms with van der Waals surface area (Å²) >= 11 is 9.29. The molecule has 0 aromatic heterocycles. The number of methoxy groups -OCH3 is 1. The van der Waals surface area contributed by atoms with Crippen molar-refractivity contribution in [1.29, 1.82) is 0 Å². The molecule has 2 aromatic carbocycles. The first-order chi connectivity index (χ1) is 13.2. The van der Waals surface area contributed by atoms with Gasteiger partial charge in [-0.1, -0.05) is 27.5 Å². The van der Waals surface area contributed by atoms with Gasteiger partial charge in [-0.15, -0.1) is 0 Å². The third-order valence-electron chi connectivity index (χ3n) is 4.08. The van der Waals surface area contributed by atoms with Crippen LogP contribution in [-0.2, 0) is 9.59 Å². The average molecular weight is 466 g/mol. The molecule has 144 valence electrons. The highest BCUT2D eigenvalue weighted by atomic mass is 79.9. The Morgan fingerprint density at radius 1 is 1.21 bits per heavy atom. The molecule has 0 atom stereocenters. The molecule has 0 radical (unpaired) electrons. The van der Waals surface area contributed by atoms with Crippen LogP contribution < -0.4 is 15.0 Å². The minimum absolute atomic E-state index is 0.00782. The van der Waals surface area contributed by atoms with Gasteiger partial charge in [-0.2, -0.15) is 0 Å². The number of phenolic OH excluding ortho intramolecular Hbond substituents is 1. The van der Waals surface area contributed by atoms with E-state index in [0.29, 0.717) is 16.8 Å². The molecule has 1 aliphatic heterocycles. The molecule has 0 saturated carbocycles. The standard InChI is InChI=1S/C19H14BrClN2O5/c1-9-5-11(20)3-4-14(9)23-18(26)12(17(25)22-19(23)27)6-10-7-13(21)16(24)15(8-10)28-2/h3-8,24H,1-2H3,(H,22,25,27)/b12-6-. The number of hydrogen-bond donors (Lipinski definition) is 2. The predicted octanol–water partition coefficient (Wildman–Crippen LogP) is 3.79. The number of aromatic hydroxyl groups is 1. The number of halogens is 2. The number of nitrogens with zero attached hydrogens (tertiary/aromatic N) is 1. The van der Waals surface area contributed by atoms with Gasteiger partial charge in [-0.25, -0.2) is 9.69 Å². The first kappa shape index (κ1) is 19.9. The molecule has 0 unspecified atom stereocenters. The Balaban J connectivity index is 2.08. The molecule has 1 heterocycles. The van der Waals surface area contributed by atoms with Crippen molar-refractivity contribution in [2.24, 2.45) is 0 Å². The summed E-state index contributed by atoms with van der Waals surface area (Å²) in [4.78, 5) is 38.4. The van der Waals surface area contributed by atoms with E-state index in [-0.39, 0.29) is 22.1 Å². The van der Waals surface area contributed by atoms with Gasteiger partial charge in [0.1, 0.15) is 5.57 Å². The maximum absolute atomic E-state index is 12.9. The topological polar surface area (TPSA) is 95.9 Å². The van der Waals surface area contributed by atoms with E-state index >= 15 is 0 Å². The quantitative estimate of drug-likeness (QED) is 0.531. The highest BCUT2D eigenvalue weighted by Crippen LogP contribution is 2.36. The maximum atomic E-state index is 12.9. The van der Waals surface area contributed by atoms with Crippen LogP contribution >= 0.6 is 27.5 Å². The van der Waals surface area contributed by atoms with Crippen LogP contribution in [0, 0.1) is 6.92 Å². The number of benzene rings is 2. The molecule has 3 rings (SSSR count). The number of carbonyl (C=O) groups is 3. The summed E-state index contributed by atoms with van der Waals surface area (Å²) in [5.74, 6) is -1.78. The molecule has 0 spiro atoms. The number of urea groups is 1. The fourth-order valence-electron chi connectivity index (χ4n) is 2.75. The number of hydrogen-bond acceptors (Lipinski definition) is 5. The summed E-state index contributed by atoms with van der Waals surface area (Å²) in [6.07, 6.45) is 1.28. The minimum atomic E-state index is -0.834. The summed E-state index contributed by atoms with van der Waals surface area (Å²) in [6.45, 7) is 1.74. The van der Waals surface area contributed by atoms with Crippen LogP contribution in [0.3, 0.4) is 0 Å². The molecular weight excluding hydrogens is 452 g/mol. The number of barbiturate groups is 1. The molecule has 1 aliphatic rings. The molecule has 28 heavy (non-hydrogen) atoms. The molecular formula is C19H14BrClN2O5. The Morgan fingerprint density at radius 3 is 2.57 bits per heavy atom. The monoisotopic (exact) mass is 464 g/mol. The molecule has 9 heteroatoms. The van der Waals surface area contributed by atoms with Gasteiger partial charge in [-0.05, 0) is 54.5 Å². The van der Waals surface area contributed by atoms with Crippen LogP contribution in [0.1, 0.15) is 11.1 Å². The van der Waals surface area contributed by atoms with Gasteiger partial charge < -0.3 is 9.84 Å². The number of carbonyl (C=O) groups excluding carboxylic acids is 3. The van der Waals surface area contributed by atoms with E-state index in [0.717, 1.165) is 9.37 Å². The molecule has 1 saturated heterocycles. The number of phenols is 1. The summed E-state index contributed by atoms with van der Waals surface area (Å²) in [7, 11) is 1.34. The normalized spacial score (nSPS) is 15.8. The predicted molar refractivity (Wildman–Crippen MR) is 108 cm³/mol. The lowest BCUT2D eigenvalue weighted by molar-refractivity contribution is -0.122. The van der Waals surface area contributed by atoms with Crippen LogP contribution in [0.2, 0.25) is 5.02 Å². The Kier molecular flexibility index (Phi) is 5.44. The van der Waals surface area contributed by atoms with E-state index in [2.05, 4.69) is 21.2 Å². The average Bonchev–Trinajstić information content (AvgIpc) is 2.63. The molecule has 2 aromatic rings. The summed E-state index contributed by atoms with van der Waals surface area (Å²) in [6, 6.07) is 7.00. The first-order valence-electron chi connectivity index (χ1n) is 7.97. The van der Waals surface area contributed by atoms with Crippen molar-refractivity contribution in [3.05, 3.63) is 56.5 Å². The van der Waals surface area contributed by atoms with E-state index in [9.17, 15) is 19.5 Å². The summed E-state index contributed by atoms with van der Waals surface area (Å²) < 4.78 is 5.81. The molecule has 2 N–H and O–H groups in total. The van der Waals surface area contributed by atoms with Crippen LogP contribution in [0.4, 0.5) is 10.5 Å². The second-order valence-corrected chi connectivity index (χ2v) is 7.27. The van der Waals surface area contributed by atoms with Gasteiger partial charge in [0, 0.05) is 4.47 Å². The fraction of sp³-hybridized carbons (Fsp3) is 0.105. The van der Waals surface area contributed by atoms with Gasteiger partial charge in [0.25, 0.3) is 11.8 Å². The van der Waals surface area contributed by atoms with Crippen molar-refractivity contribution in [3.63, 3.8) is 0 Å². The first-order valence-corrected chi connectivity index (χ1v) is 9.14. The van der Waals surface area contributed by atoms with Crippen molar-refractivity contribution >= 4 is 57.1 Å². The molecule has 0 aliphatic carbocycles. The van der Waals surface area contributed by atoms with Gasteiger partial charge in [-0.3, -0.25) is 14.9 Å². The number of rotatable bonds is 3. The van der Waals surface area contributed by atoms with Crippen LogP contribution in [0.25, 0.3) is 6.08 Å². The third-order valence-corrected chi connectivity index (χ3v) is 4.86. The third kappa shape index (κ3) is 3.61. The zero-order valence-corrected chi connectivity index (χ0v) is 17.1. The largest absolute Gasteiger partial charge is 0.503 e. The number of nitrogens with one attached hydrogen (secondary N) is 1. The second-order valence-electron chi connectivity index (χ2n) is 5.94. The van der Waals surface area contributed by atoms with Gasteiger partial charge in [0.2, 0.25) is 0 Å². The number of amides is 4. The van der Waals surface area contributed by atoms with E-state index in [1.807, 2.05) is 0 Å². The van der Waals surface area contributed by atoms with Crippen molar-refractivity contribution in [2.45, 2.75) is 6.92 Å². The maximum Gasteiger partial charge on any atom is 0.335 e. The lowest BCUT2D eigenvalue weighted by atomic mass is 10.1. The van der Waals surface area contributed by atoms with E-state index in [1.165, 1.54) is 25.3 Å². The Morgan fingerprint density at radius 2 is 1.93 bits per heavy atom. The van der Waals surface area contributed by atoms with E-state index in [1.54, 1.807) is 25.1 Å². The van der Waals surface area contributed by atoms with E-state index in [4.69, 9.17) is 16.3 Å². The van der Waals surface area contributed by atoms with Gasteiger partial charge in [0.15, 0.2) is 11.5 Å². The van der Waals surface area contributed by atoms with Crippen molar-refractivity contribution in [1.82, 2.24) is 5.32 Å². The molecule has 1 fully saturated rings. The number of anilines is 1. The van der Waals surface area contributed by atoms with Crippen molar-refractivity contribution in [3.8, 4) is 11.5 Å². The lowest BCUT2D eigenvalue weighted by Crippen LogP contribution is -2.54. The van der Waals surface area contributed by atoms with Crippen LogP contribution in [-0.4, -0.2) is 30.1 Å². The van der Waals surface area contributed by atoms with Crippen molar-refractivity contribution in [2.75, 3.05) is 12.0 Å². The zero-order chi connectivity index (χ0) is 20.6. The van der Waals surface area contributed by atoms with Crippen LogP contribution in [0.15, 0.2) is 40.4 Å². The van der Waals surface area contributed by atoms with Gasteiger partial charge in [0.05, 0.1) is 17.8 Å². The molecule has 0 bridgehead atoms. The summed E-state index contributed by atoms with van der Waals surface area (Å²) in [5.41, 5.74) is 1.11.